The summed E-state index contributed by atoms with van der Waals surface area (Å²) in [7, 11) is 0. The third kappa shape index (κ3) is 5.00. The summed E-state index contributed by atoms with van der Waals surface area (Å²) in [6.07, 6.45) is 1.86. The molecule has 2 aromatic carbocycles. The molecule has 174 valence electrons. The lowest BCUT2D eigenvalue weighted by Crippen LogP contribution is -2.46. The van der Waals surface area contributed by atoms with Gasteiger partial charge in [0.25, 0.3) is 0 Å². The van der Waals surface area contributed by atoms with Crippen molar-refractivity contribution in [1.29, 1.82) is 0 Å². The van der Waals surface area contributed by atoms with E-state index in [0.29, 0.717) is 11.8 Å². The van der Waals surface area contributed by atoms with Gasteiger partial charge in [0.2, 0.25) is 11.1 Å². The lowest BCUT2D eigenvalue weighted by Gasteiger charge is -2.36. The van der Waals surface area contributed by atoms with Crippen LogP contribution in [0.5, 0.6) is 5.75 Å². The summed E-state index contributed by atoms with van der Waals surface area (Å²) < 4.78 is 7.53. The lowest BCUT2D eigenvalue weighted by molar-refractivity contribution is -0.131. The topological polar surface area (TPSA) is 72.3 Å². The molecule has 0 saturated heterocycles. The van der Waals surface area contributed by atoms with Crippen LogP contribution in [0.4, 0.5) is 0 Å². The molecule has 1 N–H and O–H groups in total. The second-order valence-electron chi connectivity index (χ2n) is 7.98. The number of fused-ring (bicyclic) bond motifs is 1. The highest BCUT2D eigenvalue weighted by Crippen LogP contribution is 2.39. The molecule has 0 unspecified atom stereocenters. The van der Waals surface area contributed by atoms with Crippen LogP contribution in [0.2, 0.25) is 0 Å². The van der Waals surface area contributed by atoms with Crippen LogP contribution < -0.4 is 10.2 Å². The van der Waals surface area contributed by atoms with Crippen LogP contribution >= 0.6 is 11.8 Å². The maximum atomic E-state index is 13.7. The molecule has 1 aliphatic heterocycles. The van der Waals surface area contributed by atoms with Gasteiger partial charge in [-0.05, 0) is 37.5 Å². The first-order chi connectivity index (χ1) is 16.2. The molecule has 0 fully saturated rings. The van der Waals surface area contributed by atoms with Crippen molar-refractivity contribution in [2.24, 2.45) is 0 Å². The molecular formula is C25H31N5O2S. The average Bonchev–Trinajstić information content (AvgIpc) is 3.27. The zero-order chi connectivity index (χ0) is 23.2. The fourth-order valence-electron chi connectivity index (χ4n) is 4.06. The zero-order valence-corrected chi connectivity index (χ0v) is 20.2. The monoisotopic (exact) mass is 465 g/mol. The van der Waals surface area contributed by atoms with E-state index in [0.717, 1.165) is 48.6 Å². The molecule has 7 nitrogen and oxygen atoms in total. The zero-order valence-electron chi connectivity index (χ0n) is 19.4. The van der Waals surface area contributed by atoms with Gasteiger partial charge in [-0.1, -0.05) is 68.1 Å². The summed E-state index contributed by atoms with van der Waals surface area (Å²) in [6.45, 7) is 8.30. The number of rotatable bonds is 9. The number of carbonyl (C=O) groups excluding carboxylic acids is 1. The molecule has 1 aromatic heterocycles. The standard InChI is InChI=1S/C25H31N5O2S/c1-4-16-29(17-5-2)24(31)22-21(18-12-14-20(15-13-18)32-6-3)28-30-23(26-27-25(30)33-22)19-10-8-7-9-11-19/h7-15,21-22,28H,4-6,16-17H2,1-3H3/t21-,22+/m0/s1. The molecule has 3 aromatic rings. The van der Waals surface area contributed by atoms with Crippen molar-refractivity contribution in [3.05, 3.63) is 60.2 Å². The fourth-order valence-corrected chi connectivity index (χ4v) is 5.22. The molecule has 0 bridgehead atoms. The summed E-state index contributed by atoms with van der Waals surface area (Å²) in [5, 5.41) is 9.19. The minimum absolute atomic E-state index is 0.130. The third-order valence-electron chi connectivity index (χ3n) is 5.56. The van der Waals surface area contributed by atoms with E-state index in [1.54, 1.807) is 0 Å². The van der Waals surface area contributed by atoms with Gasteiger partial charge in [0.05, 0.1) is 12.6 Å². The van der Waals surface area contributed by atoms with E-state index in [1.807, 2.05) is 71.1 Å². The minimum atomic E-state index is -0.346. The van der Waals surface area contributed by atoms with Crippen LogP contribution in [0.15, 0.2) is 59.8 Å². The smallest absolute Gasteiger partial charge is 0.238 e. The molecule has 1 amide bonds. The Hall–Kier alpha value is -3.00. The van der Waals surface area contributed by atoms with Crippen molar-refractivity contribution < 1.29 is 9.53 Å². The molecular weight excluding hydrogens is 434 g/mol. The molecule has 1 aliphatic rings. The molecule has 2 heterocycles. The maximum Gasteiger partial charge on any atom is 0.238 e. The Labute approximate surface area is 199 Å². The van der Waals surface area contributed by atoms with E-state index in [4.69, 9.17) is 4.74 Å². The van der Waals surface area contributed by atoms with Crippen LogP contribution in [-0.4, -0.2) is 50.6 Å². The number of hydrogen-bond acceptors (Lipinski definition) is 6. The maximum absolute atomic E-state index is 13.7. The number of nitrogens with zero attached hydrogens (tertiary/aromatic N) is 4. The Balaban J connectivity index is 1.71. The average molecular weight is 466 g/mol. The summed E-state index contributed by atoms with van der Waals surface area (Å²) in [5.74, 6) is 1.69. The molecule has 0 radical (unpaired) electrons. The number of amides is 1. The highest BCUT2D eigenvalue weighted by Gasteiger charge is 2.39. The fraction of sp³-hybridized carbons (Fsp3) is 0.400. The van der Waals surface area contributed by atoms with E-state index in [-0.39, 0.29) is 17.2 Å². The number of benzene rings is 2. The summed E-state index contributed by atoms with van der Waals surface area (Å²) in [5.41, 5.74) is 5.56. The van der Waals surface area contributed by atoms with Gasteiger partial charge >= 0.3 is 0 Å². The second kappa shape index (κ2) is 10.7. The number of hydrogen-bond donors (Lipinski definition) is 1. The summed E-state index contributed by atoms with van der Waals surface area (Å²) in [6, 6.07) is 17.7. The molecule has 0 spiro atoms. The molecule has 0 saturated carbocycles. The lowest BCUT2D eigenvalue weighted by atomic mass is 10.0. The first kappa shape index (κ1) is 23.2. The highest BCUT2D eigenvalue weighted by molar-refractivity contribution is 8.00. The molecule has 4 rings (SSSR count). The Kier molecular flexibility index (Phi) is 7.54. The van der Waals surface area contributed by atoms with Crippen LogP contribution in [0, 0.1) is 0 Å². The van der Waals surface area contributed by atoms with Gasteiger partial charge in [-0.15, -0.1) is 10.2 Å². The largest absolute Gasteiger partial charge is 0.494 e. The first-order valence-corrected chi connectivity index (χ1v) is 12.5. The van der Waals surface area contributed by atoms with Crippen LogP contribution in [0.25, 0.3) is 11.4 Å². The SMILES string of the molecule is CCCN(CCC)C(=O)[C@@H]1Sc2nnc(-c3ccccc3)n2N[C@H]1c1ccc(OCC)cc1. The Bertz CT molecular complexity index is 1050. The van der Waals surface area contributed by atoms with Crippen molar-refractivity contribution in [1.82, 2.24) is 19.8 Å². The number of carbonyl (C=O) groups is 1. The van der Waals surface area contributed by atoms with Gasteiger partial charge in [0.1, 0.15) is 11.0 Å². The summed E-state index contributed by atoms with van der Waals surface area (Å²) >= 11 is 1.48. The third-order valence-corrected chi connectivity index (χ3v) is 6.76. The number of thioether (sulfide) groups is 1. The van der Waals surface area contributed by atoms with Gasteiger partial charge < -0.3 is 15.1 Å². The van der Waals surface area contributed by atoms with Gasteiger partial charge in [0, 0.05) is 18.7 Å². The van der Waals surface area contributed by atoms with E-state index >= 15 is 0 Å². The molecule has 2 atom stereocenters. The normalized spacial score (nSPS) is 17.2. The predicted octanol–water partition coefficient (Wildman–Crippen LogP) is 4.75. The van der Waals surface area contributed by atoms with Crippen LogP contribution in [0.1, 0.15) is 45.2 Å². The molecule has 33 heavy (non-hydrogen) atoms. The first-order valence-electron chi connectivity index (χ1n) is 11.6. The van der Waals surface area contributed by atoms with Crippen LogP contribution in [0.3, 0.4) is 0 Å². The molecule has 0 aliphatic carbocycles. The van der Waals surface area contributed by atoms with Crippen molar-refractivity contribution in [3.63, 3.8) is 0 Å². The van der Waals surface area contributed by atoms with Crippen molar-refractivity contribution >= 4 is 17.7 Å². The van der Waals surface area contributed by atoms with Gasteiger partial charge in [-0.3, -0.25) is 4.79 Å². The number of aromatic nitrogens is 3. The van der Waals surface area contributed by atoms with Gasteiger partial charge in [-0.25, -0.2) is 4.68 Å². The quantitative estimate of drug-likeness (QED) is 0.492. The second-order valence-corrected chi connectivity index (χ2v) is 9.09. The van der Waals surface area contributed by atoms with E-state index in [9.17, 15) is 4.79 Å². The number of ether oxygens (including phenoxy) is 1. The van der Waals surface area contributed by atoms with Crippen molar-refractivity contribution in [3.8, 4) is 17.1 Å². The van der Waals surface area contributed by atoms with Gasteiger partial charge in [0.15, 0.2) is 5.82 Å². The van der Waals surface area contributed by atoms with Crippen molar-refractivity contribution in [2.75, 3.05) is 25.1 Å². The van der Waals surface area contributed by atoms with E-state index < -0.39 is 0 Å². The Morgan fingerprint density at radius 1 is 1.03 bits per heavy atom. The predicted molar refractivity (Wildman–Crippen MR) is 132 cm³/mol. The summed E-state index contributed by atoms with van der Waals surface area (Å²) in [4.78, 5) is 15.7. The van der Waals surface area contributed by atoms with E-state index in [2.05, 4.69) is 29.5 Å². The van der Waals surface area contributed by atoms with Gasteiger partial charge in [-0.2, -0.15) is 0 Å². The minimum Gasteiger partial charge on any atom is -0.494 e. The molecule has 8 heteroatoms. The van der Waals surface area contributed by atoms with Crippen LogP contribution in [-0.2, 0) is 4.79 Å². The van der Waals surface area contributed by atoms with E-state index in [1.165, 1.54) is 11.8 Å². The highest BCUT2D eigenvalue weighted by atomic mass is 32.2. The number of nitrogens with one attached hydrogen (secondary N) is 1. The van der Waals surface area contributed by atoms with Crippen molar-refractivity contribution in [2.45, 2.75) is 50.1 Å². The Morgan fingerprint density at radius 3 is 2.36 bits per heavy atom. The Morgan fingerprint density at radius 2 is 1.73 bits per heavy atom.